The van der Waals surface area contributed by atoms with Crippen molar-refractivity contribution in [3.8, 4) is 0 Å². The Morgan fingerprint density at radius 1 is 1.43 bits per heavy atom. The predicted octanol–water partition coefficient (Wildman–Crippen LogP) is 0.355. The van der Waals surface area contributed by atoms with Gasteiger partial charge >= 0.3 is 0 Å². The van der Waals surface area contributed by atoms with Crippen molar-refractivity contribution >= 4 is 11.9 Å². The van der Waals surface area contributed by atoms with Crippen molar-refractivity contribution in [2.24, 2.45) is 5.73 Å². The van der Waals surface area contributed by atoms with Crippen LogP contribution in [0.4, 0.5) is 5.95 Å². The maximum Gasteiger partial charge on any atom is 0.257 e. The molecule has 0 aliphatic carbocycles. The smallest absolute Gasteiger partial charge is 0.257 e. The van der Waals surface area contributed by atoms with Crippen LogP contribution in [0.25, 0.3) is 0 Å². The minimum absolute atomic E-state index is 0.252. The highest BCUT2D eigenvalue weighted by atomic mass is 16.7. The summed E-state index contributed by atoms with van der Waals surface area (Å²) < 4.78 is 0. The summed E-state index contributed by atoms with van der Waals surface area (Å²) in [5.41, 5.74) is 6.89. The van der Waals surface area contributed by atoms with Crippen LogP contribution in [0.15, 0.2) is 6.07 Å². The molecule has 0 saturated heterocycles. The molecule has 0 unspecified atom stereocenters. The summed E-state index contributed by atoms with van der Waals surface area (Å²) >= 11 is 0. The number of rotatable bonds is 2. The van der Waals surface area contributed by atoms with E-state index in [1.165, 1.54) is 7.11 Å². The van der Waals surface area contributed by atoms with Crippen molar-refractivity contribution < 1.29 is 4.84 Å². The van der Waals surface area contributed by atoms with Crippen molar-refractivity contribution in [1.82, 2.24) is 9.97 Å². The number of hydrogen-bond donors (Lipinski definition) is 2. The van der Waals surface area contributed by atoms with E-state index in [0.717, 1.165) is 16.5 Å². The molecule has 1 aromatic heterocycles. The lowest BCUT2D eigenvalue weighted by Gasteiger charge is -2.17. The summed E-state index contributed by atoms with van der Waals surface area (Å²) in [5, 5.41) is 8.28. The molecule has 1 rings (SSSR count). The second-order valence-electron chi connectivity index (χ2n) is 2.81. The van der Waals surface area contributed by atoms with Crippen LogP contribution in [0.5, 0.6) is 0 Å². The molecule has 0 aliphatic heterocycles. The number of nitrogens with zero attached hydrogens (tertiary/aromatic N) is 3. The molecule has 76 valence electrons. The summed E-state index contributed by atoms with van der Waals surface area (Å²) in [6.07, 6.45) is 0. The minimum atomic E-state index is -0.252. The molecule has 0 spiro atoms. The first-order valence-corrected chi connectivity index (χ1v) is 4.05. The van der Waals surface area contributed by atoms with Crippen LogP contribution in [0, 0.1) is 19.3 Å². The number of aryl methyl sites for hydroxylation is 2. The average molecular weight is 195 g/mol. The molecule has 0 radical (unpaired) electrons. The van der Waals surface area contributed by atoms with Crippen LogP contribution in [-0.2, 0) is 4.84 Å². The van der Waals surface area contributed by atoms with E-state index in [9.17, 15) is 0 Å². The molecular formula is C8H13N5O. The first-order valence-electron chi connectivity index (χ1n) is 4.05. The third kappa shape index (κ3) is 2.17. The number of aromatic nitrogens is 2. The Hall–Kier alpha value is -1.69. The van der Waals surface area contributed by atoms with Crippen molar-refractivity contribution in [2.45, 2.75) is 13.8 Å². The van der Waals surface area contributed by atoms with Gasteiger partial charge in [0.05, 0.1) is 7.11 Å². The van der Waals surface area contributed by atoms with Crippen LogP contribution < -0.4 is 10.8 Å². The highest BCUT2D eigenvalue weighted by Gasteiger charge is 2.12. The molecular weight excluding hydrogens is 182 g/mol. The second kappa shape index (κ2) is 4.01. The van der Waals surface area contributed by atoms with Gasteiger partial charge in [0.1, 0.15) is 0 Å². The minimum Gasteiger partial charge on any atom is -0.368 e. The van der Waals surface area contributed by atoms with E-state index < -0.39 is 0 Å². The van der Waals surface area contributed by atoms with Crippen LogP contribution in [-0.4, -0.2) is 23.0 Å². The van der Waals surface area contributed by atoms with E-state index in [4.69, 9.17) is 16.0 Å². The zero-order valence-electron chi connectivity index (χ0n) is 8.40. The van der Waals surface area contributed by atoms with Crippen molar-refractivity contribution in [1.29, 1.82) is 5.41 Å². The van der Waals surface area contributed by atoms with Gasteiger partial charge in [-0.25, -0.2) is 9.97 Å². The fourth-order valence-corrected chi connectivity index (χ4v) is 1.09. The largest absolute Gasteiger partial charge is 0.368 e. The number of guanidine groups is 1. The van der Waals surface area contributed by atoms with Gasteiger partial charge in [0.2, 0.25) is 5.96 Å². The highest BCUT2D eigenvalue weighted by Crippen LogP contribution is 2.08. The van der Waals surface area contributed by atoms with E-state index in [1.54, 1.807) is 0 Å². The van der Waals surface area contributed by atoms with Gasteiger partial charge < -0.3 is 5.73 Å². The van der Waals surface area contributed by atoms with E-state index in [-0.39, 0.29) is 11.9 Å². The normalized spacial score (nSPS) is 9.93. The van der Waals surface area contributed by atoms with Crippen molar-refractivity contribution in [3.63, 3.8) is 0 Å². The standard InChI is InChI=1S/C8H13N5O/c1-5-4-6(2)12-8(11-5)13(14-3)7(9)10/h4H,1-3H3,(H3,9,10). The van der Waals surface area contributed by atoms with Gasteiger partial charge in [0.25, 0.3) is 5.95 Å². The molecule has 0 fully saturated rings. The zero-order valence-corrected chi connectivity index (χ0v) is 8.40. The zero-order chi connectivity index (χ0) is 10.7. The second-order valence-corrected chi connectivity index (χ2v) is 2.81. The fourth-order valence-electron chi connectivity index (χ4n) is 1.09. The van der Waals surface area contributed by atoms with Crippen molar-refractivity contribution in [2.75, 3.05) is 12.2 Å². The Morgan fingerprint density at radius 3 is 2.29 bits per heavy atom. The molecule has 1 heterocycles. The van der Waals surface area contributed by atoms with E-state index in [0.29, 0.717) is 0 Å². The van der Waals surface area contributed by atoms with Gasteiger partial charge in [-0.15, -0.1) is 0 Å². The Kier molecular flexibility index (Phi) is 2.98. The molecule has 0 bridgehead atoms. The van der Waals surface area contributed by atoms with Crippen LogP contribution >= 0.6 is 0 Å². The van der Waals surface area contributed by atoms with E-state index in [1.807, 2.05) is 19.9 Å². The average Bonchev–Trinajstić information content (AvgIpc) is 2.02. The lowest BCUT2D eigenvalue weighted by molar-refractivity contribution is 0.204. The first-order chi connectivity index (χ1) is 6.54. The summed E-state index contributed by atoms with van der Waals surface area (Å²) in [7, 11) is 1.41. The van der Waals surface area contributed by atoms with Gasteiger partial charge in [-0.05, 0) is 19.9 Å². The van der Waals surface area contributed by atoms with Gasteiger partial charge in [-0.2, -0.15) is 5.06 Å². The van der Waals surface area contributed by atoms with Crippen LogP contribution in [0.2, 0.25) is 0 Å². The fraction of sp³-hybridized carbons (Fsp3) is 0.375. The lowest BCUT2D eigenvalue weighted by atomic mass is 10.4. The lowest BCUT2D eigenvalue weighted by Crippen LogP contribution is -2.36. The SMILES string of the molecule is CON(C(=N)N)c1nc(C)cc(C)n1. The summed E-state index contributed by atoms with van der Waals surface area (Å²) in [5.74, 6) is 0.0231. The number of anilines is 1. The molecule has 0 aromatic carbocycles. The summed E-state index contributed by atoms with van der Waals surface area (Å²) in [4.78, 5) is 13.1. The maximum atomic E-state index is 7.23. The monoisotopic (exact) mass is 195 g/mol. The summed E-state index contributed by atoms with van der Waals surface area (Å²) in [6, 6.07) is 1.83. The Labute approximate surface area is 82.2 Å². The molecule has 0 atom stereocenters. The Bertz CT molecular complexity index is 331. The number of nitrogens with one attached hydrogen (secondary N) is 1. The van der Waals surface area contributed by atoms with Crippen LogP contribution in [0.3, 0.4) is 0 Å². The third-order valence-corrected chi connectivity index (χ3v) is 1.55. The molecule has 1 aromatic rings. The number of hydroxylamine groups is 1. The topological polar surface area (TPSA) is 88.1 Å². The number of hydrogen-bond acceptors (Lipinski definition) is 4. The molecule has 14 heavy (non-hydrogen) atoms. The molecule has 6 heteroatoms. The molecule has 3 N–H and O–H groups in total. The molecule has 0 amide bonds. The quantitative estimate of drug-likeness (QED) is 0.404. The van der Waals surface area contributed by atoms with Gasteiger partial charge in [0.15, 0.2) is 0 Å². The first kappa shape index (κ1) is 10.4. The molecule has 0 saturated carbocycles. The van der Waals surface area contributed by atoms with E-state index >= 15 is 0 Å². The van der Waals surface area contributed by atoms with Gasteiger partial charge in [-0.3, -0.25) is 10.2 Å². The van der Waals surface area contributed by atoms with Crippen molar-refractivity contribution in [3.05, 3.63) is 17.5 Å². The summed E-state index contributed by atoms with van der Waals surface area (Å²) in [6.45, 7) is 3.68. The van der Waals surface area contributed by atoms with Crippen LogP contribution in [0.1, 0.15) is 11.4 Å². The van der Waals surface area contributed by atoms with E-state index in [2.05, 4.69) is 9.97 Å². The Morgan fingerprint density at radius 2 is 1.93 bits per heavy atom. The molecule has 0 aliphatic rings. The van der Waals surface area contributed by atoms with Gasteiger partial charge in [0, 0.05) is 11.4 Å². The van der Waals surface area contributed by atoms with Gasteiger partial charge in [-0.1, -0.05) is 0 Å². The predicted molar refractivity (Wildman–Crippen MR) is 52.9 cm³/mol. The Balaban J connectivity index is 3.10. The molecule has 6 nitrogen and oxygen atoms in total. The number of nitrogens with two attached hydrogens (primary N) is 1. The maximum absolute atomic E-state index is 7.23. The highest BCUT2D eigenvalue weighted by molar-refractivity contribution is 5.88. The third-order valence-electron chi connectivity index (χ3n) is 1.55.